The molecule has 1 rings (SSSR count). The van der Waals surface area contributed by atoms with Gasteiger partial charge in [-0.25, -0.2) is 13.1 Å². The van der Waals surface area contributed by atoms with E-state index in [2.05, 4.69) is 4.72 Å². The van der Waals surface area contributed by atoms with E-state index in [0.717, 1.165) is 0 Å². The number of hydrogen-bond donors (Lipinski definition) is 2. The summed E-state index contributed by atoms with van der Waals surface area (Å²) in [6, 6.07) is 7.46. The van der Waals surface area contributed by atoms with Gasteiger partial charge in [0.05, 0.1) is 5.75 Å². The minimum Gasteiger partial charge on any atom is -0.480 e. The van der Waals surface area contributed by atoms with Crippen molar-refractivity contribution in [2.24, 2.45) is 0 Å². The Morgan fingerprint density at radius 3 is 2.44 bits per heavy atom. The smallest absolute Gasteiger partial charge is 0.321 e. The van der Waals surface area contributed by atoms with Crippen LogP contribution in [0.5, 0.6) is 0 Å². The summed E-state index contributed by atoms with van der Waals surface area (Å²) in [6.45, 7) is 1.28. The van der Waals surface area contributed by atoms with Crippen LogP contribution in [0, 0.1) is 0 Å². The van der Waals surface area contributed by atoms with Crippen LogP contribution in [-0.2, 0) is 20.6 Å². The summed E-state index contributed by atoms with van der Waals surface area (Å²) in [6.07, 6.45) is 0. The van der Waals surface area contributed by atoms with Crippen molar-refractivity contribution < 1.29 is 18.3 Å². The predicted octanol–water partition coefficient (Wildman–Crippen LogP) is 0.579. The maximum atomic E-state index is 11.5. The Labute approximate surface area is 94.2 Å². The maximum absolute atomic E-state index is 11.5. The van der Waals surface area contributed by atoms with Gasteiger partial charge >= 0.3 is 5.97 Å². The predicted molar refractivity (Wildman–Crippen MR) is 59.3 cm³/mol. The fourth-order valence-electron chi connectivity index (χ4n) is 1.16. The van der Waals surface area contributed by atoms with E-state index in [1.807, 2.05) is 0 Å². The molecule has 0 saturated carbocycles. The van der Waals surface area contributed by atoms with Crippen molar-refractivity contribution in [3.8, 4) is 0 Å². The van der Waals surface area contributed by atoms with Crippen LogP contribution >= 0.6 is 0 Å². The van der Waals surface area contributed by atoms with Gasteiger partial charge in [-0.15, -0.1) is 0 Å². The Hall–Kier alpha value is -1.40. The van der Waals surface area contributed by atoms with Crippen LogP contribution in [0.3, 0.4) is 0 Å². The standard InChI is InChI=1S/C10H13NO4S/c1-8(10(12)13)11-16(14,15)7-9-5-3-2-4-6-9/h2-6,8,11H,7H2,1H3,(H,12,13)/t8-/m0/s1. The van der Waals surface area contributed by atoms with Gasteiger partial charge in [-0.3, -0.25) is 4.79 Å². The highest BCUT2D eigenvalue weighted by atomic mass is 32.2. The van der Waals surface area contributed by atoms with Gasteiger partial charge in [-0.2, -0.15) is 0 Å². The fourth-order valence-corrected chi connectivity index (χ4v) is 2.51. The van der Waals surface area contributed by atoms with Crippen LogP contribution in [0.25, 0.3) is 0 Å². The second kappa shape index (κ2) is 5.09. The molecule has 0 bridgehead atoms. The normalized spacial score (nSPS) is 13.3. The summed E-state index contributed by atoms with van der Waals surface area (Å²) in [5.41, 5.74) is 0.618. The third-order valence-electron chi connectivity index (χ3n) is 1.93. The number of carboxylic acids is 1. The van der Waals surface area contributed by atoms with Gasteiger partial charge in [0, 0.05) is 0 Å². The maximum Gasteiger partial charge on any atom is 0.321 e. The molecular weight excluding hydrogens is 230 g/mol. The highest BCUT2D eigenvalue weighted by Gasteiger charge is 2.19. The second-order valence-electron chi connectivity index (χ2n) is 3.42. The number of carbonyl (C=O) groups is 1. The fraction of sp³-hybridized carbons (Fsp3) is 0.300. The lowest BCUT2D eigenvalue weighted by molar-refractivity contribution is -0.138. The van der Waals surface area contributed by atoms with E-state index in [1.54, 1.807) is 30.3 Å². The summed E-state index contributed by atoms with van der Waals surface area (Å²) in [5, 5.41) is 8.58. The van der Waals surface area contributed by atoms with E-state index >= 15 is 0 Å². The molecule has 88 valence electrons. The van der Waals surface area contributed by atoms with Crippen molar-refractivity contribution in [2.75, 3.05) is 0 Å². The Morgan fingerprint density at radius 1 is 1.38 bits per heavy atom. The molecule has 0 fully saturated rings. The molecule has 1 aromatic carbocycles. The minimum absolute atomic E-state index is 0.217. The van der Waals surface area contributed by atoms with Crippen LogP contribution in [0.15, 0.2) is 30.3 Å². The number of aliphatic carboxylic acids is 1. The molecule has 1 atom stereocenters. The van der Waals surface area contributed by atoms with Crippen LogP contribution in [-0.4, -0.2) is 25.5 Å². The Kier molecular flexibility index (Phi) is 4.03. The average Bonchev–Trinajstić information content (AvgIpc) is 2.17. The van der Waals surface area contributed by atoms with E-state index in [-0.39, 0.29) is 5.75 Å². The highest BCUT2D eigenvalue weighted by Crippen LogP contribution is 2.04. The molecule has 6 heteroatoms. The summed E-state index contributed by atoms with van der Waals surface area (Å²) >= 11 is 0. The second-order valence-corrected chi connectivity index (χ2v) is 5.18. The van der Waals surface area contributed by atoms with Crippen LogP contribution in [0.1, 0.15) is 12.5 Å². The molecule has 0 unspecified atom stereocenters. The monoisotopic (exact) mass is 243 g/mol. The van der Waals surface area contributed by atoms with Gasteiger partial charge in [-0.1, -0.05) is 30.3 Å². The Morgan fingerprint density at radius 2 is 1.94 bits per heavy atom. The SMILES string of the molecule is C[C@H](NS(=O)(=O)Cc1ccccc1)C(=O)O. The van der Waals surface area contributed by atoms with Gasteiger partial charge in [0.15, 0.2) is 0 Å². The number of hydrogen-bond acceptors (Lipinski definition) is 3. The number of sulfonamides is 1. The molecule has 0 aliphatic carbocycles. The molecule has 0 saturated heterocycles. The van der Waals surface area contributed by atoms with Gasteiger partial charge in [0.1, 0.15) is 6.04 Å². The van der Waals surface area contributed by atoms with E-state index in [9.17, 15) is 13.2 Å². The molecule has 0 heterocycles. The third-order valence-corrected chi connectivity index (χ3v) is 3.35. The quantitative estimate of drug-likeness (QED) is 0.792. The molecule has 16 heavy (non-hydrogen) atoms. The lowest BCUT2D eigenvalue weighted by atomic mass is 10.2. The van der Waals surface area contributed by atoms with Crippen LogP contribution in [0.4, 0.5) is 0 Å². The first-order valence-electron chi connectivity index (χ1n) is 4.67. The van der Waals surface area contributed by atoms with Crippen molar-refractivity contribution in [1.29, 1.82) is 0 Å². The summed E-state index contributed by atoms with van der Waals surface area (Å²) in [4.78, 5) is 10.5. The van der Waals surface area contributed by atoms with Crippen LogP contribution < -0.4 is 4.72 Å². The number of nitrogens with one attached hydrogen (secondary N) is 1. The average molecular weight is 243 g/mol. The molecule has 0 spiro atoms. The van der Waals surface area contributed by atoms with E-state index in [0.29, 0.717) is 5.56 Å². The molecule has 0 radical (unpaired) electrons. The first-order valence-corrected chi connectivity index (χ1v) is 6.33. The Balaban J connectivity index is 2.70. The zero-order chi connectivity index (χ0) is 12.2. The third kappa shape index (κ3) is 4.00. The van der Waals surface area contributed by atoms with Crippen molar-refractivity contribution in [3.05, 3.63) is 35.9 Å². The molecule has 0 aliphatic rings. The van der Waals surface area contributed by atoms with Crippen LogP contribution in [0.2, 0.25) is 0 Å². The molecule has 0 aromatic heterocycles. The minimum atomic E-state index is -3.61. The number of rotatable bonds is 5. The van der Waals surface area contributed by atoms with Gasteiger partial charge < -0.3 is 5.11 Å². The van der Waals surface area contributed by atoms with Crippen molar-refractivity contribution in [3.63, 3.8) is 0 Å². The molecule has 1 aromatic rings. The van der Waals surface area contributed by atoms with Gasteiger partial charge in [0.25, 0.3) is 0 Å². The highest BCUT2D eigenvalue weighted by molar-refractivity contribution is 7.88. The summed E-state index contributed by atoms with van der Waals surface area (Å²) in [7, 11) is -3.61. The molecular formula is C10H13NO4S. The lowest BCUT2D eigenvalue weighted by Crippen LogP contribution is -2.38. The number of benzene rings is 1. The summed E-state index contributed by atoms with van der Waals surface area (Å²) in [5.74, 6) is -1.41. The summed E-state index contributed by atoms with van der Waals surface area (Å²) < 4.78 is 25.2. The van der Waals surface area contributed by atoms with Crippen molar-refractivity contribution >= 4 is 16.0 Å². The zero-order valence-electron chi connectivity index (χ0n) is 8.75. The first kappa shape index (κ1) is 12.7. The molecule has 5 nitrogen and oxygen atoms in total. The molecule has 0 amide bonds. The molecule has 2 N–H and O–H groups in total. The molecule has 0 aliphatic heterocycles. The zero-order valence-corrected chi connectivity index (χ0v) is 9.57. The Bertz CT molecular complexity index is 455. The van der Waals surface area contributed by atoms with Gasteiger partial charge in [0.2, 0.25) is 10.0 Å². The van der Waals surface area contributed by atoms with E-state index in [4.69, 9.17) is 5.11 Å². The largest absolute Gasteiger partial charge is 0.480 e. The number of carboxylic acid groups (broad SMARTS) is 1. The van der Waals surface area contributed by atoms with Gasteiger partial charge in [-0.05, 0) is 12.5 Å². The van der Waals surface area contributed by atoms with E-state index in [1.165, 1.54) is 6.92 Å². The lowest BCUT2D eigenvalue weighted by Gasteiger charge is -2.09. The van der Waals surface area contributed by atoms with Crippen molar-refractivity contribution in [1.82, 2.24) is 4.72 Å². The first-order chi connectivity index (χ1) is 7.41. The van der Waals surface area contributed by atoms with E-state index < -0.39 is 22.0 Å². The van der Waals surface area contributed by atoms with Crippen molar-refractivity contribution in [2.45, 2.75) is 18.7 Å². The topological polar surface area (TPSA) is 83.5 Å².